The maximum atomic E-state index is 13.6. The molecule has 1 atom stereocenters. The highest BCUT2D eigenvalue weighted by atomic mass is 32.1. The van der Waals surface area contributed by atoms with Crippen molar-refractivity contribution in [2.24, 2.45) is 0 Å². The molecule has 0 bridgehead atoms. The number of methoxy groups -OCH3 is 2. The second-order valence-electron chi connectivity index (χ2n) is 9.47. The maximum absolute atomic E-state index is 13.6. The van der Waals surface area contributed by atoms with Gasteiger partial charge in [-0.25, -0.2) is 9.37 Å². The molecule has 4 aromatic rings. The molecule has 0 radical (unpaired) electrons. The lowest BCUT2D eigenvalue weighted by atomic mass is 9.95. The van der Waals surface area contributed by atoms with Crippen molar-refractivity contribution in [1.82, 2.24) is 4.98 Å². The fraction of sp³-hybridized carbons (Fsp3) is 0.258. The van der Waals surface area contributed by atoms with E-state index in [1.807, 2.05) is 0 Å². The van der Waals surface area contributed by atoms with E-state index in [1.54, 1.807) is 43.5 Å². The van der Waals surface area contributed by atoms with E-state index >= 15 is 0 Å². The van der Waals surface area contributed by atoms with E-state index in [1.165, 1.54) is 47.6 Å². The third-order valence-corrected chi connectivity index (χ3v) is 7.88. The summed E-state index contributed by atoms with van der Waals surface area (Å²) in [6, 6.07) is 14.5. The quantitative estimate of drug-likeness (QED) is 0.0977. The molecule has 1 unspecified atom stereocenters. The van der Waals surface area contributed by atoms with Crippen molar-refractivity contribution in [3.63, 3.8) is 0 Å². The minimum absolute atomic E-state index is 0.142. The number of aliphatic hydroxyl groups is 1. The van der Waals surface area contributed by atoms with Crippen molar-refractivity contribution >= 4 is 44.1 Å². The molecule has 1 fully saturated rings. The van der Waals surface area contributed by atoms with E-state index in [2.05, 4.69) is 11.9 Å². The number of carbonyl (C=O) groups is 2. The van der Waals surface area contributed by atoms with E-state index in [4.69, 9.17) is 14.2 Å². The van der Waals surface area contributed by atoms with Gasteiger partial charge in [-0.1, -0.05) is 37.2 Å². The molecule has 0 aliphatic carbocycles. The Labute approximate surface area is 240 Å². The number of ether oxygens (including phenoxy) is 3. The highest BCUT2D eigenvalue weighted by Crippen LogP contribution is 2.46. The van der Waals surface area contributed by atoms with Crippen LogP contribution in [0.4, 0.5) is 9.52 Å². The van der Waals surface area contributed by atoms with Crippen LogP contribution in [0.2, 0.25) is 0 Å². The number of aliphatic hydroxyl groups excluding tert-OH is 1. The Bertz CT molecular complexity index is 1630. The van der Waals surface area contributed by atoms with Crippen LogP contribution in [0.15, 0.2) is 66.2 Å². The molecule has 1 aliphatic heterocycles. The first-order chi connectivity index (χ1) is 19.9. The average Bonchev–Trinajstić information content (AvgIpc) is 3.52. The van der Waals surface area contributed by atoms with Crippen LogP contribution in [-0.2, 0) is 9.59 Å². The Morgan fingerprint density at radius 3 is 2.49 bits per heavy atom. The number of aromatic nitrogens is 1. The first-order valence-electron chi connectivity index (χ1n) is 13.2. The second kappa shape index (κ2) is 12.0. The van der Waals surface area contributed by atoms with E-state index in [0.29, 0.717) is 34.9 Å². The Hall–Kier alpha value is -4.44. The topological polar surface area (TPSA) is 98.2 Å². The van der Waals surface area contributed by atoms with Crippen LogP contribution in [0, 0.1) is 5.82 Å². The Morgan fingerprint density at radius 2 is 1.78 bits per heavy atom. The minimum Gasteiger partial charge on any atom is -0.507 e. The summed E-state index contributed by atoms with van der Waals surface area (Å²) in [6.07, 6.45) is 2.98. The standard InChI is InChI=1S/C31H29FN2O6S/c1-4-5-6-15-40-23-14-9-19(16-24(23)39-3)27-26(28(35)18-7-10-20(32)11-8-18)29(36)30(37)34(27)31-33-22-13-12-21(38-2)17-25(22)41-31/h7-14,16-17,27,35H,4-6,15H2,1-3H3. The number of thiazole rings is 1. The first kappa shape index (κ1) is 28.1. The summed E-state index contributed by atoms with van der Waals surface area (Å²) in [4.78, 5) is 33.0. The lowest BCUT2D eigenvalue weighted by molar-refractivity contribution is -0.132. The molecule has 5 rings (SSSR count). The Morgan fingerprint density at radius 1 is 1.00 bits per heavy atom. The van der Waals surface area contributed by atoms with Crippen molar-refractivity contribution in [2.45, 2.75) is 32.2 Å². The molecule has 1 amide bonds. The van der Waals surface area contributed by atoms with Crippen molar-refractivity contribution < 1.29 is 33.3 Å². The van der Waals surface area contributed by atoms with Gasteiger partial charge < -0.3 is 19.3 Å². The molecule has 3 aromatic carbocycles. The number of amides is 1. The fourth-order valence-electron chi connectivity index (χ4n) is 4.74. The monoisotopic (exact) mass is 576 g/mol. The molecule has 8 nitrogen and oxygen atoms in total. The fourth-order valence-corrected chi connectivity index (χ4v) is 5.76. The summed E-state index contributed by atoms with van der Waals surface area (Å²) in [5, 5.41) is 11.6. The number of halogens is 1. The summed E-state index contributed by atoms with van der Waals surface area (Å²) in [5.41, 5.74) is 1.18. The van der Waals surface area contributed by atoms with Gasteiger partial charge in [-0.15, -0.1) is 0 Å². The molecular formula is C31H29FN2O6S. The Kier molecular flexibility index (Phi) is 8.21. The number of benzene rings is 3. The predicted molar refractivity (Wildman–Crippen MR) is 155 cm³/mol. The summed E-state index contributed by atoms with van der Waals surface area (Å²) >= 11 is 1.22. The van der Waals surface area contributed by atoms with Crippen LogP contribution in [0.5, 0.6) is 17.2 Å². The summed E-state index contributed by atoms with van der Waals surface area (Å²) in [6.45, 7) is 2.63. The number of rotatable bonds is 10. The minimum atomic E-state index is -1.04. The van der Waals surface area contributed by atoms with Crippen LogP contribution in [0.1, 0.15) is 43.4 Å². The van der Waals surface area contributed by atoms with Gasteiger partial charge in [0.25, 0.3) is 5.78 Å². The zero-order valence-electron chi connectivity index (χ0n) is 22.8. The molecule has 1 aromatic heterocycles. The molecule has 10 heteroatoms. The number of ketones is 1. The SMILES string of the molecule is CCCCCOc1ccc(C2C(=C(O)c3ccc(F)cc3)C(=O)C(=O)N2c2nc3ccc(OC)cc3s2)cc1OC. The van der Waals surface area contributed by atoms with Gasteiger partial charge in [-0.05, 0) is 66.6 Å². The third kappa shape index (κ3) is 5.47. The van der Waals surface area contributed by atoms with Crippen LogP contribution in [0.3, 0.4) is 0 Å². The van der Waals surface area contributed by atoms with E-state index in [-0.39, 0.29) is 16.3 Å². The van der Waals surface area contributed by atoms with Gasteiger partial charge in [0.2, 0.25) is 0 Å². The van der Waals surface area contributed by atoms with E-state index < -0.39 is 29.3 Å². The van der Waals surface area contributed by atoms with Gasteiger partial charge in [-0.2, -0.15) is 0 Å². The van der Waals surface area contributed by atoms with Crippen molar-refractivity contribution in [1.29, 1.82) is 0 Å². The van der Waals surface area contributed by atoms with Crippen LogP contribution in [0.25, 0.3) is 16.0 Å². The van der Waals surface area contributed by atoms with Gasteiger partial charge in [0, 0.05) is 5.56 Å². The number of Topliss-reactive ketones (excluding diaryl/α,β-unsaturated/α-hetero) is 1. The Balaban J connectivity index is 1.65. The zero-order chi connectivity index (χ0) is 29.1. The number of unbranched alkanes of at least 4 members (excludes halogenated alkanes) is 2. The van der Waals surface area contributed by atoms with Crippen molar-refractivity contribution in [2.75, 3.05) is 25.7 Å². The summed E-state index contributed by atoms with van der Waals surface area (Å²) < 4.78 is 31.2. The van der Waals surface area contributed by atoms with Crippen molar-refractivity contribution in [3.05, 3.63) is 83.2 Å². The molecule has 0 saturated carbocycles. The average molecular weight is 577 g/mol. The molecule has 0 spiro atoms. The number of fused-ring (bicyclic) bond motifs is 1. The smallest absolute Gasteiger partial charge is 0.301 e. The van der Waals surface area contributed by atoms with Crippen LogP contribution in [-0.4, -0.2) is 42.6 Å². The summed E-state index contributed by atoms with van der Waals surface area (Å²) in [7, 11) is 3.07. The molecule has 1 N–H and O–H groups in total. The number of hydrogen-bond acceptors (Lipinski definition) is 8. The normalized spacial score (nSPS) is 16.4. The molecular weight excluding hydrogens is 547 g/mol. The number of nitrogens with zero attached hydrogens (tertiary/aromatic N) is 2. The lowest BCUT2D eigenvalue weighted by Gasteiger charge is -2.24. The van der Waals surface area contributed by atoms with Gasteiger partial charge in [0.15, 0.2) is 16.6 Å². The van der Waals surface area contributed by atoms with E-state index in [0.717, 1.165) is 24.0 Å². The number of anilines is 1. The van der Waals surface area contributed by atoms with Gasteiger partial charge in [-0.3, -0.25) is 14.5 Å². The number of carbonyl (C=O) groups excluding carboxylic acids is 2. The third-order valence-electron chi connectivity index (χ3n) is 6.86. The highest BCUT2D eigenvalue weighted by Gasteiger charge is 2.48. The predicted octanol–water partition coefficient (Wildman–Crippen LogP) is 6.65. The highest BCUT2D eigenvalue weighted by molar-refractivity contribution is 7.22. The van der Waals surface area contributed by atoms with Gasteiger partial charge in [0.1, 0.15) is 17.3 Å². The maximum Gasteiger partial charge on any atom is 0.301 e. The molecule has 2 heterocycles. The van der Waals surface area contributed by atoms with Crippen molar-refractivity contribution in [3.8, 4) is 17.2 Å². The lowest BCUT2D eigenvalue weighted by Crippen LogP contribution is -2.29. The molecule has 212 valence electrons. The van der Waals surface area contributed by atoms with Gasteiger partial charge >= 0.3 is 5.91 Å². The second-order valence-corrected chi connectivity index (χ2v) is 10.5. The van der Waals surface area contributed by atoms with Gasteiger partial charge in [0.05, 0.1) is 42.7 Å². The first-order valence-corrected chi connectivity index (χ1v) is 14.0. The summed E-state index contributed by atoms with van der Waals surface area (Å²) in [5.74, 6) is -1.08. The molecule has 41 heavy (non-hydrogen) atoms. The van der Waals surface area contributed by atoms with E-state index in [9.17, 15) is 19.1 Å². The number of hydrogen-bond donors (Lipinski definition) is 1. The van der Waals surface area contributed by atoms with Crippen LogP contribution >= 0.6 is 11.3 Å². The molecule has 1 aliphatic rings. The van der Waals surface area contributed by atoms with Crippen LogP contribution < -0.4 is 19.1 Å². The molecule has 1 saturated heterocycles. The largest absolute Gasteiger partial charge is 0.507 e. The zero-order valence-corrected chi connectivity index (χ0v) is 23.7.